The van der Waals surface area contributed by atoms with E-state index in [2.05, 4.69) is 0 Å². The van der Waals surface area contributed by atoms with Gasteiger partial charge in [0.1, 0.15) is 0 Å². The molecule has 0 saturated carbocycles. The Hall–Kier alpha value is 3.08. The minimum Gasteiger partial charge on any atom is 0 e. The maximum Gasteiger partial charge on any atom is 0 e. The average molecular weight is 364 g/mol. The molecule has 17 valence electrons. The minimum absolute atomic E-state index is 0. The normalized spacial score (nSPS) is 1.00. The largest absolute Gasteiger partial charge is 0 e. The summed E-state index contributed by atoms with van der Waals surface area (Å²) in [5, 5.41) is 0. The van der Waals surface area contributed by atoms with Gasteiger partial charge in [0.05, 0.1) is 0 Å². The van der Waals surface area contributed by atoms with Crippen molar-refractivity contribution >= 4 is 22.5 Å². The van der Waals surface area contributed by atoms with Gasteiger partial charge in [0, 0.05) is 74.5 Å². The second kappa shape index (κ2) is 16.5. The Morgan fingerprint density at radius 3 is 1.25 bits per heavy atom. The van der Waals surface area contributed by atoms with E-state index in [0.29, 0.717) is 22.5 Å². The van der Waals surface area contributed by atoms with E-state index < -0.39 is 0 Å². The summed E-state index contributed by atoms with van der Waals surface area (Å²) in [5.41, 5.74) is 0. The second-order valence-electron chi connectivity index (χ2n) is 0. The number of hydrogen-bond acceptors (Lipinski definition) is 1. The van der Waals surface area contributed by atoms with Crippen molar-refractivity contribution < 1.29 is 77.5 Å². The average Bonchev–Trinajstić information content (AvgIpc) is 1.00. The van der Waals surface area contributed by atoms with Crippen molar-refractivity contribution in [3.63, 3.8) is 0 Å². The molecule has 0 N–H and O–H groups in total. The van der Waals surface area contributed by atoms with Crippen LogP contribution in [0.4, 0.5) is 0 Å². The molecule has 4 heavy (non-hydrogen) atoms. The molecule has 0 aromatic heterocycles. The first kappa shape index (κ1) is 15.7. The Labute approximate surface area is 97.4 Å². The van der Waals surface area contributed by atoms with Gasteiger partial charge in [-0.05, 0) is 0 Å². The fourth-order valence-corrected chi connectivity index (χ4v) is 0. The molecule has 0 aromatic carbocycles. The van der Waals surface area contributed by atoms with Gasteiger partial charge in [0.2, 0.25) is 0 Å². The molecule has 0 unspecified atom stereocenters. The maximum absolute atomic E-state index is 8.34. The SMILES string of the molecule is [Ce].[O]=[Sn].[Y]. The summed E-state index contributed by atoms with van der Waals surface area (Å²) in [5.74, 6) is 0. The molecular weight excluding hydrogens is 364 g/mol. The van der Waals surface area contributed by atoms with Crippen molar-refractivity contribution in [1.82, 2.24) is 0 Å². The molecule has 3 radical (unpaired) electrons. The summed E-state index contributed by atoms with van der Waals surface area (Å²) in [6.45, 7) is 0. The Morgan fingerprint density at radius 1 is 1.25 bits per heavy atom. The van der Waals surface area contributed by atoms with Crippen LogP contribution in [0.2, 0.25) is 0 Å². The Morgan fingerprint density at radius 2 is 1.25 bits per heavy atom. The van der Waals surface area contributed by atoms with Crippen LogP contribution in [0.3, 0.4) is 0 Å². The zero-order valence-electron chi connectivity index (χ0n) is 1.99. The molecule has 0 bridgehead atoms. The molecule has 1 nitrogen and oxygen atoms in total. The fourth-order valence-electron chi connectivity index (χ4n) is 0. The van der Waals surface area contributed by atoms with E-state index in [-0.39, 0.29) is 74.5 Å². The maximum atomic E-state index is 8.34. The van der Waals surface area contributed by atoms with E-state index in [1.54, 1.807) is 0 Å². The summed E-state index contributed by atoms with van der Waals surface area (Å²) in [7, 11) is 0. The molecule has 4 heteroatoms. The van der Waals surface area contributed by atoms with Crippen molar-refractivity contribution in [2.75, 3.05) is 0 Å². The smallest absolute Gasteiger partial charge is 0 e. The molecule has 0 aliphatic heterocycles. The molecule has 0 aliphatic carbocycles. The van der Waals surface area contributed by atoms with Gasteiger partial charge < -0.3 is 0 Å². The van der Waals surface area contributed by atoms with E-state index in [1.807, 2.05) is 0 Å². The van der Waals surface area contributed by atoms with E-state index in [0.717, 1.165) is 0 Å². The van der Waals surface area contributed by atoms with Crippen LogP contribution < -0.4 is 0 Å². The van der Waals surface area contributed by atoms with Crippen LogP contribution in [0, 0.1) is 41.7 Å². The van der Waals surface area contributed by atoms with Gasteiger partial charge in [-0.15, -0.1) is 0 Å². The molecule has 0 rings (SSSR count). The molecule has 0 fully saturated rings. The second-order valence-corrected chi connectivity index (χ2v) is 0. The van der Waals surface area contributed by atoms with Crippen LogP contribution in [-0.4, -0.2) is 22.5 Å². The summed E-state index contributed by atoms with van der Waals surface area (Å²) in [6, 6.07) is 0. The van der Waals surface area contributed by atoms with Gasteiger partial charge in [0.25, 0.3) is 0 Å². The van der Waals surface area contributed by atoms with Crippen LogP contribution in [0.15, 0.2) is 0 Å². The first-order chi connectivity index (χ1) is 1.00. The van der Waals surface area contributed by atoms with Crippen molar-refractivity contribution in [2.24, 2.45) is 0 Å². The topological polar surface area (TPSA) is 17.1 Å². The third kappa shape index (κ3) is 8.91. The van der Waals surface area contributed by atoms with Crippen LogP contribution in [-0.2, 0) is 35.8 Å². The molecular formula is CeOSnY. The third-order valence-electron chi connectivity index (χ3n) is 0. The molecule has 0 heterocycles. The van der Waals surface area contributed by atoms with E-state index >= 15 is 0 Å². The van der Waals surface area contributed by atoms with E-state index in [1.165, 1.54) is 0 Å². The Kier molecular flexibility index (Phi) is 65.0. The van der Waals surface area contributed by atoms with Crippen molar-refractivity contribution in [1.29, 1.82) is 0 Å². The Bertz CT molecular complexity index is 8.00. The molecule has 0 atom stereocenters. The van der Waals surface area contributed by atoms with Crippen molar-refractivity contribution in [2.45, 2.75) is 0 Å². The quantitative estimate of drug-likeness (QED) is 0.530. The monoisotopic (exact) mass is 365 g/mol. The van der Waals surface area contributed by atoms with Gasteiger partial charge in [-0.3, -0.25) is 0 Å². The van der Waals surface area contributed by atoms with Crippen molar-refractivity contribution in [3.05, 3.63) is 0 Å². The number of rotatable bonds is 0. The first-order valence-electron chi connectivity index (χ1n) is 0.204. The summed E-state index contributed by atoms with van der Waals surface area (Å²) in [6.07, 6.45) is 0. The third-order valence-corrected chi connectivity index (χ3v) is 0. The van der Waals surface area contributed by atoms with Gasteiger partial charge in [-0.2, -0.15) is 0 Å². The fraction of sp³-hybridized carbons (Fsp3) is 0. The van der Waals surface area contributed by atoms with Crippen LogP contribution >= 0.6 is 0 Å². The van der Waals surface area contributed by atoms with Gasteiger partial charge >= 0.3 is 25.6 Å². The summed E-state index contributed by atoms with van der Waals surface area (Å²) >= 11 is 0.300. The van der Waals surface area contributed by atoms with Gasteiger partial charge in [0.15, 0.2) is 0 Å². The predicted molar refractivity (Wildman–Crippen MR) is 6.44 cm³/mol. The number of hydrogen-bond donors (Lipinski definition) is 0. The standard InChI is InChI=1S/Ce.O.Sn.Y. The molecule has 0 spiro atoms. The zero-order valence-corrected chi connectivity index (χ0v) is 10.8. The molecule has 0 aromatic rings. The van der Waals surface area contributed by atoms with Gasteiger partial charge in [-0.1, -0.05) is 0 Å². The van der Waals surface area contributed by atoms with E-state index in [4.69, 9.17) is 3.08 Å². The molecule has 0 amide bonds. The minimum atomic E-state index is 0. The predicted octanol–water partition coefficient (Wildman–Crippen LogP) is -0.502. The molecule has 0 saturated heterocycles. The van der Waals surface area contributed by atoms with Crippen LogP contribution in [0.25, 0.3) is 0 Å². The molecule has 0 aliphatic rings. The first-order valence-corrected chi connectivity index (χ1v) is 1.37. The zero-order chi connectivity index (χ0) is 2.00. The Balaban J connectivity index is -0.00000000500. The van der Waals surface area contributed by atoms with Crippen LogP contribution in [0.5, 0.6) is 0 Å². The summed E-state index contributed by atoms with van der Waals surface area (Å²) in [4.78, 5) is 0. The van der Waals surface area contributed by atoms with Crippen molar-refractivity contribution in [3.8, 4) is 0 Å². The van der Waals surface area contributed by atoms with E-state index in [9.17, 15) is 0 Å². The van der Waals surface area contributed by atoms with Crippen LogP contribution in [0.1, 0.15) is 0 Å². The summed E-state index contributed by atoms with van der Waals surface area (Å²) < 4.78 is 8.34. The van der Waals surface area contributed by atoms with Gasteiger partial charge in [-0.25, -0.2) is 0 Å².